The zero-order valence-electron chi connectivity index (χ0n) is 15.7. The van der Waals surface area contributed by atoms with Crippen LogP contribution in [0, 0.1) is 5.41 Å². The minimum Gasteiger partial charge on any atom is -0.381 e. The largest absolute Gasteiger partial charge is 0.381 e. The molecule has 1 N–H and O–H groups in total. The molecule has 3 heterocycles. The second-order valence-electron chi connectivity index (χ2n) is 7.37. The predicted octanol–water partition coefficient (Wildman–Crippen LogP) is 2.51. The van der Waals surface area contributed by atoms with Crippen LogP contribution in [0.25, 0.3) is 0 Å². The van der Waals surface area contributed by atoms with Crippen LogP contribution in [-0.2, 0) is 4.74 Å². The van der Waals surface area contributed by atoms with Gasteiger partial charge in [-0.25, -0.2) is 0 Å². The highest BCUT2D eigenvalue weighted by molar-refractivity contribution is 14.0. The number of ether oxygens (including phenoxy) is 1. The van der Waals surface area contributed by atoms with Gasteiger partial charge >= 0.3 is 0 Å². The van der Waals surface area contributed by atoms with Crippen LogP contribution in [0.4, 0.5) is 0 Å². The average molecular weight is 482 g/mol. The maximum Gasteiger partial charge on any atom is 0.193 e. The summed E-state index contributed by atoms with van der Waals surface area (Å²) in [5.74, 6) is 3.67. The highest BCUT2D eigenvalue weighted by atomic mass is 127. The first-order chi connectivity index (χ1) is 11.8. The summed E-state index contributed by atoms with van der Waals surface area (Å²) in [6.07, 6.45) is 5.11. The summed E-state index contributed by atoms with van der Waals surface area (Å²) in [4.78, 5) is 10.00. The van der Waals surface area contributed by atoms with Gasteiger partial charge in [0.1, 0.15) is 0 Å². The lowest BCUT2D eigenvalue weighted by Crippen LogP contribution is -2.53. The van der Waals surface area contributed by atoms with Gasteiger partial charge in [-0.1, -0.05) is 0 Å². The number of guanidine groups is 1. The summed E-state index contributed by atoms with van der Waals surface area (Å²) < 4.78 is 5.82. The van der Waals surface area contributed by atoms with Gasteiger partial charge in [-0.05, 0) is 32.6 Å². The molecule has 0 aromatic rings. The number of likely N-dealkylation sites (tertiary alicyclic amines) is 1. The number of aliphatic imine (C=N–C) groups is 1. The smallest absolute Gasteiger partial charge is 0.193 e. The van der Waals surface area contributed by atoms with Gasteiger partial charge in [0.05, 0.1) is 13.2 Å². The third-order valence-corrected chi connectivity index (χ3v) is 6.42. The summed E-state index contributed by atoms with van der Waals surface area (Å²) in [5, 5.41) is 3.52. The maximum absolute atomic E-state index is 5.82. The van der Waals surface area contributed by atoms with Gasteiger partial charge in [0.25, 0.3) is 0 Å². The van der Waals surface area contributed by atoms with Crippen molar-refractivity contribution in [2.24, 2.45) is 10.4 Å². The molecule has 0 amide bonds. The maximum atomic E-state index is 5.82. The van der Waals surface area contributed by atoms with Crippen LogP contribution in [0.1, 0.15) is 32.6 Å². The van der Waals surface area contributed by atoms with E-state index in [2.05, 4.69) is 33.8 Å². The van der Waals surface area contributed by atoms with Crippen LogP contribution >= 0.6 is 35.7 Å². The number of halogens is 1. The molecule has 3 saturated heterocycles. The zero-order chi connectivity index (χ0) is 16.7. The molecule has 146 valence electrons. The van der Waals surface area contributed by atoms with Gasteiger partial charge in [-0.15, -0.1) is 24.0 Å². The molecule has 3 rings (SSSR count). The Balaban J connectivity index is 0.00000225. The zero-order valence-corrected chi connectivity index (χ0v) is 18.8. The Hall–Kier alpha value is 0.270. The van der Waals surface area contributed by atoms with E-state index in [0.29, 0.717) is 5.41 Å². The Morgan fingerprint density at radius 1 is 1.20 bits per heavy atom. The van der Waals surface area contributed by atoms with Crippen molar-refractivity contribution in [3.8, 4) is 0 Å². The number of nitrogens with zero attached hydrogens (tertiary/aromatic N) is 3. The molecule has 1 atom stereocenters. The van der Waals surface area contributed by atoms with E-state index in [9.17, 15) is 0 Å². The molecule has 1 spiro atoms. The molecule has 0 aromatic heterocycles. The minimum absolute atomic E-state index is 0. The number of thioether (sulfide) groups is 1. The Morgan fingerprint density at radius 3 is 2.72 bits per heavy atom. The summed E-state index contributed by atoms with van der Waals surface area (Å²) >= 11 is 2.07. The van der Waals surface area contributed by atoms with E-state index >= 15 is 0 Å². The SMILES string of the molecule is CCNC(=NCCN1CCSCC1)N1CCCC2(CCCOC2)C1.I. The van der Waals surface area contributed by atoms with Crippen LogP contribution < -0.4 is 5.32 Å². The van der Waals surface area contributed by atoms with Crippen molar-refractivity contribution in [1.29, 1.82) is 0 Å². The third kappa shape index (κ3) is 6.43. The Bertz CT molecular complexity index is 406. The number of nitrogens with one attached hydrogen (secondary N) is 1. The molecular weight excluding hydrogens is 447 g/mol. The lowest BCUT2D eigenvalue weighted by molar-refractivity contribution is -0.0370. The van der Waals surface area contributed by atoms with E-state index in [1.165, 1.54) is 50.3 Å². The molecule has 0 bridgehead atoms. The minimum atomic E-state index is 0. The van der Waals surface area contributed by atoms with Crippen molar-refractivity contribution in [3.05, 3.63) is 0 Å². The van der Waals surface area contributed by atoms with E-state index in [0.717, 1.165) is 51.9 Å². The molecular formula is C18H35IN4OS. The third-order valence-electron chi connectivity index (χ3n) is 5.48. The Labute approximate surface area is 174 Å². The second-order valence-corrected chi connectivity index (χ2v) is 8.60. The monoisotopic (exact) mass is 482 g/mol. The Morgan fingerprint density at radius 2 is 2.00 bits per heavy atom. The number of hydrogen-bond acceptors (Lipinski definition) is 4. The molecule has 7 heteroatoms. The number of rotatable bonds is 4. The van der Waals surface area contributed by atoms with Crippen LogP contribution in [0.15, 0.2) is 4.99 Å². The van der Waals surface area contributed by atoms with Crippen LogP contribution in [0.3, 0.4) is 0 Å². The predicted molar refractivity (Wildman–Crippen MR) is 118 cm³/mol. The van der Waals surface area contributed by atoms with Crippen LogP contribution in [-0.4, -0.2) is 86.3 Å². The lowest BCUT2D eigenvalue weighted by atomic mass is 9.76. The van der Waals surface area contributed by atoms with Crippen molar-refractivity contribution in [2.45, 2.75) is 32.6 Å². The first-order valence-electron chi connectivity index (χ1n) is 9.72. The average Bonchev–Trinajstić information content (AvgIpc) is 2.63. The number of hydrogen-bond donors (Lipinski definition) is 1. The van der Waals surface area contributed by atoms with Gasteiger partial charge in [-0.3, -0.25) is 9.89 Å². The normalized spacial score (nSPS) is 28.7. The fourth-order valence-corrected chi connectivity index (χ4v) is 5.15. The van der Waals surface area contributed by atoms with Crippen molar-refractivity contribution in [1.82, 2.24) is 15.1 Å². The van der Waals surface area contributed by atoms with E-state index in [1.54, 1.807) is 0 Å². The molecule has 0 saturated carbocycles. The van der Waals surface area contributed by atoms with Crippen molar-refractivity contribution < 1.29 is 4.74 Å². The second kappa shape index (κ2) is 11.2. The van der Waals surface area contributed by atoms with E-state index in [-0.39, 0.29) is 24.0 Å². The summed E-state index contributed by atoms with van der Waals surface area (Å²) in [7, 11) is 0. The molecule has 3 aliphatic rings. The first kappa shape index (κ1) is 21.6. The molecule has 3 aliphatic heterocycles. The highest BCUT2D eigenvalue weighted by Crippen LogP contribution is 2.37. The summed E-state index contributed by atoms with van der Waals surface area (Å²) in [5.41, 5.74) is 0.372. The molecule has 0 aliphatic carbocycles. The van der Waals surface area contributed by atoms with E-state index in [4.69, 9.17) is 9.73 Å². The van der Waals surface area contributed by atoms with Crippen molar-refractivity contribution in [3.63, 3.8) is 0 Å². The van der Waals surface area contributed by atoms with Crippen molar-refractivity contribution >= 4 is 41.7 Å². The van der Waals surface area contributed by atoms with Gasteiger partial charge in [0, 0.05) is 62.8 Å². The lowest BCUT2D eigenvalue weighted by Gasteiger charge is -2.45. The van der Waals surface area contributed by atoms with Gasteiger partial charge in [-0.2, -0.15) is 11.8 Å². The number of piperidine rings is 1. The van der Waals surface area contributed by atoms with E-state index in [1.807, 2.05) is 0 Å². The molecule has 0 aromatic carbocycles. The Kier molecular flexibility index (Phi) is 9.65. The topological polar surface area (TPSA) is 40.1 Å². The van der Waals surface area contributed by atoms with Crippen LogP contribution in [0.2, 0.25) is 0 Å². The standard InChI is InChI=1S/C18H34N4OS.HI/c1-2-19-17(20-7-9-21-10-13-24-14-11-21)22-8-3-5-18(15-22)6-4-12-23-16-18;/h2-16H2,1H3,(H,19,20);1H. The van der Waals surface area contributed by atoms with Gasteiger partial charge < -0.3 is 15.0 Å². The fourth-order valence-electron chi connectivity index (χ4n) is 4.17. The molecule has 5 nitrogen and oxygen atoms in total. The molecule has 25 heavy (non-hydrogen) atoms. The first-order valence-corrected chi connectivity index (χ1v) is 10.9. The van der Waals surface area contributed by atoms with Gasteiger partial charge in [0.2, 0.25) is 0 Å². The highest BCUT2D eigenvalue weighted by Gasteiger charge is 2.38. The van der Waals surface area contributed by atoms with E-state index < -0.39 is 0 Å². The summed E-state index contributed by atoms with van der Waals surface area (Å²) in [6, 6.07) is 0. The summed E-state index contributed by atoms with van der Waals surface area (Å²) in [6.45, 7) is 11.7. The molecule has 1 unspecified atom stereocenters. The van der Waals surface area contributed by atoms with Crippen molar-refractivity contribution in [2.75, 3.05) is 70.5 Å². The quantitative estimate of drug-likeness (QED) is 0.379. The van der Waals surface area contributed by atoms with Gasteiger partial charge in [0.15, 0.2) is 5.96 Å². The fraction of sp³-hybridized carbons (Fsp3) is 0.944. The van der Waals surface area contributed by atoms with Crippen LogP contribution in [0.5, 0.6) is 0 Å². The molecule has 3 fully saturated rings. The molecule has 0 radical (unpaired) electrons.